The molecule has 3 nitrogen and oxygen atoms in total. The molecule has 4 heteroatoms. The van der Waals surface area contributed by atoms with Gasteiger partial charge >= 0.3 is 0 Å². The first kappa shape index (κ1) is 25.8. The van der Waals surface area contributed by atoms with Crippen molar-refractivity contribution in [3.63, 3.8) is 0 Å². The van der Waals surface area contributed by atoms with E-state index in [-0.39, 0.29) is 11.6 Å². The Balaban J connectivity index is 2.34. The lowest BCUT2D eigenvalue weighted by Crippen LogP contribution is -2.67. The highest BCUT2D eigenvalue weighted by Crippen LogP contribution is 2.36. The van der Waals surface area contributed by atoms with Crippen molar-refractivity contribution in [2.75, 3.05) is 19.8 Å². The molecule has 0 saturated carbocycles. The molecule has 31 heavy (non-hydrogen) atoms. The second-order valence-corrected chi connectivity index (χ2v) is 14.3. The van der Waals surface area contributed by atoms with E-state index in [1.165, 1.54) is 10.4 Å². The SMILES string of the molecule is CC(C)CCN[C@@H](CCCCO)CO[Si](c1ccccc1)(c1ccccc1)C(C)(C)C. The molecule has 0 heterocycles. The third-order valence-electron chi connectivity index (χ3n) is 6.03. The number of nitrogens with one attached hydrogen (secondary N) is 1. The molecule has 0 aliphatic carbocycles. The smallest absolute Gasteiger partial charge is 0.261 e. The molecule has 0 aromatic heterocycles. The number of hydrogen-bond donors (Lipinski definition) is 2. The minimum Gasteiger partial charge on any atom is -0.406 e. The first-order valence-corrected chi connectivity index (χ1v) is 13.8. The van der Waals surface area contributed by atoms with Gasteiger partial charge in [0, 0.05) is 12.6 Å². The van der Waals surface area contributed by atoms with Gasteiger partial charge in [0.15, 0.2) is 0 Å². The average Bonchev–Trinajstić information content (AvgIpc) is 2.74. The van der Waals surface area contributed by atoms with Gasteiger partial charge in [0.2, 0.25) is 0 Å². The summed E-state index contributed by atoms with van der Waals surface area (Å²) in [4.78, 5) is 0. The zero-order chi connectivity index (χ0) is 22.7. The number of benzene rings is 2. The van der Waals surface area contributed by atoms with Crippen LogP contribution in [0.5, 0.6) is 0 Å². The van der Waals surface area contributed by atoms with Crippen molar-refractivity contribution in [1.29, 1.82) is 0 Å². The maximum absolute atomic E-state index is 9.25. The summed E-state index contributed by atoms with van der Waals surface area (Å²) in [7, 11) is -2.51. The van der Waals surface area contributed by atoms with Crippen LogP contribution >= 0.6 is 0 Å². The molecule has 2 rings (SSSR count). The number of rotatable bonds is 13. The second-order valence-electron chi connectivity index (χ2n) is 10.0. The van der Waals surface area contributed by atoms with Crippen molar-refractivity contribution in [3.05, 3.63) is 60.7 Å². The molecule has 0 saturated heterocycles. The minimum absolute atomic E-state index is 0.0106. The Bertz CT molecular complexity index is 688. The van der Waals surface area contributed by atoms with Crippen LogP contribution in [0.4, 0.5) is 0 Å². The molecule has 2 aromatic carbocycles. The lowest BCUT2D eigenvalue weighted by Gasteiger charge is -2.43. The van der Waals surface area contributed by atoms with Crippen LogP contribution in [0, 0.1) is 5.92 Å². The number of aliphatic hydroxyl groups excluding tert-OH is 1. The van der Waals surface area contributed by atoms with Crippen molar-refractivity contribution < 1.29 is 9.53 Å². The third-order valence-corrected chi connectivity index (χ3v) is 11.0. The fourth-order valence-electron chi connectivity index (χ4n) is 4.31. The maximum Gasteiger partial charge on any atom is 0.261 e. The molecule has 0 amide bonds. The molecule has 0 bridgehead atoms. The molecule has 0 spiro atoms. The molecule has 2 aromatic rings. The Morgan fingerprint density at radius 3 is 1.87 bits per heavy atom. The number of hydrogen-bond acceptors (Lipinski definition) is 3. The zero-order valence-electron chi connectivity index (χ0n) is 20.2. The van der Waals surface area contributed by atoms with Crippen LogP contribution < -0.4 is 15.7 Å². The van der Waals surface area contributed by atoms with Gasteiger partial charge in [0.25, 0.3) is 8.32 Å². The van der Waals surface area contributed by atoms with Gasteiger partial charge in [-0.25, -0.2) is 0 Å². The molecule has 1 atom stereocenters. The summed E-state index contributed by atoms with van der Waals surface area (Å²) in [5, 5.41) is 15.6. The Hall–Kier alpha value is -1.46. The van der Waals surface area contributed by atoms with Crippen molar-refractivity contribution >= 4 is 18.7 Å². The van der Waals surface area contributed by atoms with Crippen molar-refractivity contribution in [3.8, 4) is 0 Å². The van der Waals surface area contributed by atoms with E-state index in [0.29, 0.717) is 18.6 Å². The van der Waals surface area contributed by atoms with Gasteiger partial charge in [-0.1, -0.05) is 95.3 Å². The van der Waals surface area contributed by atoms with Gasteiger partial charge in [-0.2, -0.15) is 0 Å². The first-order valence-electron chi connectivity index (χ1n) is 11.9. The van der Waals surface area contributed by atoms with Crippen LogP contribution in [0.1, 0.15) is 60.3 Å². The fraction of sp³-hybridized carbons (Fsp3) is 0.556. The van der Waals surface area contributed by atoms with Gasteiger partial charge in [-0.3, -0.25) is 0 Å². The molecule has 0 aliphatic rings. The average molecular weight is 442 g/mol. The Kier molecular flexibility index (Phi) is 10.4. The predicted octanol–water partition coefficient (Wildman–Crippen LogP) is 4.73. The molecule has 0 radical (unpaired) electrons. The summed E-state index contributed by atoms with van der Waals surface area (Å²) in [6, 6.07) is 22.0. The summed E-state index contributed by atoms with van der Waals surface area (Å²) in [5.41, 5.74) is 0. The van der Waals surface area contributed by atoms with Crippen LogP contribution in [0.3, 0.4) is 0 Å². The molecule has 172 valence electrons. The fourth-order valence-corrected chi connectivity index (χ4v) is 8.92. The lowest BCUT2D eigenvalue weighted by atomic mass is 10.1. The van der Waals surface area contributed by atoms with Gasteiger partial charge in [-0.15, -0.1) is 0 Å². The van der Waals surface area contributed by atoms with Crippen LogP contribution in [0.25, 0.3) is 0 Å². The van der Waals surface area contributed by atoms with E-state index in [9.17, 15) is 5.11 Å². The quantitative estimate of drug-likeness (QED) is 0.349. The van der Waals surface area contributed by atoms with Crippen LogP contribution in [0.2, 0.25) is 5.04 Å². The van der Waals surface area contributed by atoms with Gasteiger partial charge in [0.1, 0.15) is 0 Å². The topological polar surface area (TPSA) is 41.5 Å². The van der Waals surface area contributed by atoms with Crippen LogP contribution in [-0.4, -0.2) is 39.2 Å². The van der Waals surface area contributed by atoms with Crippen molar-refractivity contribution in [1.82, 2.24) is 5.32 Å². The normalized spacial score (nSPS) is 13.5. The number of unbranched alkanes of at least 4 members (excludes halogenated alkanes) is 1. The van der Waals surface area contributed by atoms with Gasteiger partial charge < -0.3 is 14.8 Å². The standard InChI is InChI=1S/C27H43NO2Si/c1-23(2)19-20-28-24(14-12-13-21-29)22-30-31(27(3,4)5,25-15-8-6-9-16-25)26-17-10-7-11-18-26/h6-11,15-18,23-24,28-29H,12-14,19-22H2,1-5H3/t24-/m0/s1. The van der Waals surface area contributed by atoms with Gasteiger partial charge in [-0.05, 0) is 53.6 Å². The second kappa shape index (κ2) is 12.5. The molecule has 0 aliphatic heterocycles. The first-order chi connectivity index (χ1) is 14.8. The van der Waals surface area contributed by atoms with E-state index in [0.717, 1.165) is 32.2 Å². The maximum atomic E-state index is 9.25. The molecule has 2 N–H and O–H groups in total. The molecule has 0 fully saturated rings. The van der Waals surface area contributed by atoms with E-state index in [2.05, 4.69) is 101 Å². The summed E-state index contributed by atoms with van der Waals surface area (Å²) >= 11 is 0. The van der Waals surface area contributed by atoms with Crippen molar-refractivity contribution in [2.45, 2.75) is 71.4 Å². The number of aliphatic hydroxyl groups is 1. The minimum atomic E-state index is -2.51. The Morgan fingerprint density at radius 1 is 0.871 bits per heavy atom. The highest BCUT2D eigenvalue weighted by atomic mass is 28.4. The van der Waals surface area contributed by atoms with Gasteiger partial charge in [0.05, 0.1) is 6.61 Å². The summed E-state index contributed by atoms with van der Waals surface area (Å²) in [5.74, 6) is 0.684. The van der Waals surface area contributed by atoms with E-state index in [4.69, 9.17) is 4.43 Å². The third kappa shape index (κ3) is 7.28. The van der Waals surface area contributed by atoms with Crippen LogP contribution in [-0.2, 0) is 4.43 Å². The lowest BCUT2D eigenvalue weighted by molar-refractivity contribution is 0.231. The Labute approximate surface area is 191 Å². The molecule has 0 unspecified atom stereocenters. The van der Waals surface area contributed by atoms with E-state index in [1.807, 2.05) is 0 Å². The van der Waals surface area contributed by atoms with Crippen LogP contribution in [0.15, 0.2) is 60.7 Å². The largest absolute Gasteiger partial charge is 0.406 e. The predicted molar refractivity (Wildman–Crippen MR) is 136 cm³/mol. The zero-order valence-corrected chi connectivity index (χ0v) is 21.2. The van der Waals surface area contributed by atoms with E-state index < -0.39 is 8.32 Å². The monoisotopic (exact) mass is 441 g/mol. The summed E-state index contributed by atoms with van der Waals surface area (Å²) in [6.07, 6.45) is 4.05. The van der Waals surface area contributed by atoms with E-state index in [1.54, 1.807) is 0 Å². The Morgan fingerprint density at radius 2 is 1.42 bits per heavy atom. The highest BCUT2D eigenvalue weighted by Gasteiger charge is 2.50. The van der Waals surface area contributed by atoms with Crippen molar-refractivity contribution in [2.24, 2.45) is 5.92 Å². The summed E-state index contributed by atoms with van der Waals surface area (Å²) in [6.45, 7) is 13.5. The van der Waals surface area contributed by atoms with E-state index >= 15 is 0 Å². The molecular weight excluding hydrogens is 398 g/mol. The summed E-state index contributed by atoms with van der Waals surface area (Å²) < 4.78 is 7.13. The highest BCUT2D eigenvalue weighted by molar-refractivity contribution is 6.99. The molecular formula is C27H43NO2Si.